The number of thiazole rings is 1. The Kier molecular flexibility index (Phi) is 4.51. The number of nitrogens with zero attached hydrogens (tertiary/aromatic N) is 1. The summed E-state index contributed by atoms with van der Waals surface area (Å²) in [5.41, 5.74) is 1.15. The van der Waals surface area contributed by atoms with Crippen molar-refractivity contribution in [2.24, 2.45) is 5.92 Å². The number of aryl methyl sites for hydroxylation is 1. The van der Waals surface area contributed by atoms with Gasteiger partial charge in [0.15, 0.2) is 0 Å². The number of para-hydroxylation sites is 1. The van der Waals surface area contributed by atoms with Gasteiger partial charge < -0.3 is 5.32 Å². The Morgan fingerprint density at radius 2 is 2.18 bits per heavy atom. The molecule has 17 heavy (non-hydrogen) atoms. The Bertz CT molecular complexity index is 431. The molecule has 2 aromatic rings. The zero-order valence-corrected chi connectivity index (χ0v) is 11.4. The first-order valence-corrected chi connectivity index (χ1v) is 7.16. The molecule has 1 N–H and O–H groups in total. The summed E-state index contributed by atoms with van der Waals surface area (Å²) in [7, 11) is 0. The van der Waals surface area contributed by atoms with Gasteiger partial charge in [0, 0.05) is 0 Å². The van der Waals surface area contributed by atoms with Gasteiger partial charge in [0.1, 0.15) is 0 Å². The van der Waals surface area contributed by atoms with Crippen molar-refractivity contribution < 1.29 is 0 Å². The number of hydrogen-bond donors (Lipinski definition) is 1. The number of nitrogens with one attached hydrogen (secondary N) is 1. The maximum absolute atomic E-state index is 4.66. The third kappa shape index (κ3) is 3.51. The predicted molar refractivity (Wildman–Crippen MR) is 75.6 cm³/mol. The molecular weight excluding hydrogens is 228 g/mol. The van der Waals surface area contributed by atoms with E-state index in [1.165, 1.54) is 16.1 Å². The largest absolute Gasteiger partial charge is 0.317 e. The Morgan fingerprint density at radius 3 is 2.94 bits per heavy atom. The lowest BCUT2D eigenvalue weighted by molar-refractivity contribution is 0.489. The third-order valence-electron chi connectivity index (χ3n) is 2.93. The van der Waals surface area contributed by atoms with Gasteiger partial charge in [-0.15, -0.1) is 11.3 Å². The fourth-order valence-electron chi connectivity index (χ4n) is 1.89. The molecule has 0 aliphatic rings. The lowest BCUT2D eigenvalue weighted by Crippen LogP contribution is -2.20. The van der Waals surface area contributed by atoms with Crippen molar-refractivity contribution in [2.45, 2.75) is 26.7 Å². The molecule has 0 aliphatic heterocycles. The van der Waals surface area contributed by atoms with Gasteiger partial charge in [-0.1, -0.05) is 26.0 Å². The lowest BCUT2D eigenvalue weighted by atomic mass is 10.1. The monoisotopic (exact) mass is 248 g/mol. The van der Waals surface area contributed by atoms with E-state index in [2.05, 4.69) is 48.4 Å². The number of aromatic nitrogens is 1. The fourth-order valence-corrected chi connectivity index (χ4v) is 2.87. The highest BCUT2D eigenvalue weighted by molar-refractivity contribution is 7.18. The van der Waals surface area contributed by atoms with Crippen molar-refractivity contribution in [1.29, 1.82) is 0 Å². The second-order valence-corrected chi connectivity index (χ2v) is 5.64. The van der Waals surface area contributed by atoms with Gasteiger partial charge in [0.2, 0.25) is 0 Å². The molecule has 2 nitrogen and oxygen atoms in total. The standard InChI is InChI=1S/C14H20N2S/c1-3-15-10-11(2)8-9-14-16-12-6-4-5-7-13(12)17-14/h4-7,11,15H,3,8-10H2,1-2H3. The van der Waals surface area contributed by atoms with Crippen molar-refractivity contribution in [3.63, 3.8) is 0 Å². The van der Waals surface area contributed by atoms with Gasteiger partial charge in [0.25, 0.3) is 0 Å². The van der Waals surface area contributed by atoms with E-state index in [1.807, 2.05) is 11.3 Å². The number of hydrogen-bond acceptors (Lipinski definition) is 3. The summed E-state index contributed by atoms with van der Waals surface area (Å²) in [5, 5.41) is 4.67. The molecule has 0 fully saturated rings. The average molecular weight is 248 g/mol. The maximum Gasteiger partial charge on any atom is 0.0938 e. The van der Waals surface area contributed by atoms with Gasteiger partial charge in [-0.3, -0.25) is 0 Å². The minimum Gasteiger partial charge on any atom is -0.317 e. The van der Waals surface area contributed by atoms with Crippen LogP contribution in [0.5, 0.6) is 0 Å². The molecule has 0 saturated heterocycles. The van der Waals surface area contributed by atoms with Gasteiger partial charge in [0.05, 0.1) is 15.2 Å². The fraction of sp³-hybridized carbons (Fsp3) is 0.500. The molecule has 1 aromatic heterocycles. The molecular formula is C14H20N2S. The quantitative estimate of drug-likeness (QED) is 0.846. The van der Waals surface area contributed by atoms with E-state index < -0.39 is 0 Å². The molecule has 2 rings (SSSR count). The van der Waals surface area contributed by atoms with Crippen LogP contribution in [0.15, 0.2) is 24.3 Å². The predicted octanol–water partition coefficient (Wildman–Crippen LogP) is 3.47. The van der Waals surface area contributed by atoms with Crippen LogP contribution in [-0.4, -0.2) is 18.1 Å². The van der Waals surface area contributed by atoms with Crippen LogP contribution in [0, 0.1) is 5.92 Å². The molecule has 0 aliphatic carbocycles. The first-order valence-electron chi connectivity index (χ1n) is 6.34. The number of fused-ring (bicyclic) bond motifs is 1. The second-order valence-electron chi connectivity index (χ2n) is 4.53. The average Bonchev–Trinajstić information content (AvgIpc) is 2.76. The summed E-state index contributed by atoms with van der Waals surface area (Å²) in [6, 6.07) is 8.38. The van der Waals surface area contributed by atoms with E-state index in [-0.39, 0.29) is 0 Å². The van der Waals surface area contributed by atoms with Crippen molar-refractivity contribution in [3.05, 3.63) is 29.3 Å². The zero-order chi connectivity index (χ0) is 12.1. The Labute approximate surface area is 107 Å². The van der Waals surface area contributed by atoms with Crippen LogP contribution in [0.1, 0.15) is 25.3 Å². The van der Waals surface area contributed by atoms with Crippen molar-refractivity contribution in [1.82, 2.24) is 10.3 Å². The molecule has 0 amide bonds. The van der Waals surface area contributed by atoms with Crippen molar-refractivity contribution >= 4 is 21.6 Å². The van der Waals surface area contributed by atoms with E-state index in [4.69, 9.17) is 0 Å². The van der Waals surface area contributed by atoms with E-state index in [1.54, 1.807) is 0 Å². The highest BCUT2D eigenvalue weighted by Crippen LogP contribution is 2.23. The first-order chi connectivity index (χ1) is 8.29. The van der Waals surface area contributed by atoms with E-state index in [9.17, 15) is 0 Å². The summed E-state index contributed by atoms with van der Waals surface area (Å²) in [6.45, 7) is 6.63. The summed E-state index contributed by atoms with van der Waals surface area (Å²) >= 11 is 1.83. The van der Waals surface area contributed by atoms with Crippen molar-refractivity contribution in [3.8, 4) is 0 Å². The first kappa shape index (κ1) is 12.5. The topological polar surface area (TPSA) is 24.9 Å². The van der Waals surface area contributed by atoms with Crippen LogP contribution in [0.25, 0.3) is 10.2 Å². The lowest BCUT2D eigenvalue weighted by Gasteiger charge is -2.09. The van der Waals surface area contributed by atoms with Crippen LogP contribution < -0.4 is 5.32 Å². The van der Waals surface area contributed by atoms with Gasteiger partial charge in [-0.25, -0.2) is 4.98 Å². The summed E-state index contributed by atoms with van der Waals surface area (Å²) < 4.78 is 1.31. The van der Waals surface area contributed by atoms with Gasteiger partial charge in [-0.05, 0) is 44.0 Å². The van der Waals surface area contributed by atoms with E-state index >= 15 is 0 Å². The van der Waals surface area contributed by atoms with Gasteiger partial charge >= 0.3 is 0 Å². The summed E-state index contributed by atoms with van der Waals surface area (Å²) in [5.74, 6) is 0.724. The zero-order valence-electron chi connectivity index (χ0n) is 10.6. The third-order valence-corrected chi connectivity index (χ3v) is 4.03. The molecule has 3 heteroatoms. The molecule has 0 radical (unpaired) electrons. The molecule has 1 atom stereocenters. The molecule has 1 heterocycles. The van der Waals surface area contributed by atoms with Crippen LogP contribution in [0.4, 0.5) is 0 Å². The highest BCUT2D eigenvalue weighted by atomic mass is 32.1. The molecule has 0 saturated carbocycles. The van der Waals surface area contributed by atoms with Crippen LogP contribution in [0.2, 0.25) is 0 Å². The van der Waals surface area contributed by atoms with Crippen LogP contribution >= 0.6 is 11.3 Å². The number of benzene rings is 1. The van der Waals surface area contributed by atoms with Crippen molar-refractivity contribution in [2.75, 3.05) is 13.1 Å². The Balaban J connectivity index is 1.90. The summed E-state index contributed by atoms with van der Waals surface area (Å²) in [4.78, 5) is 4.66. The molecule has 1 unspecified atom stereocenters. The van der Waals surface area contributed by atoms with E-state index in [0.29, 0.717) is 0 Å². The minimum atomic E-state index is 0.724. The molecule has 1 aromatic carbocycles. The van der Waals surface area contributed by atoms with E-state index in [0.717, 1.165) is 30.9 Å². The highest BCUT2D eigenvalue weighted by Gasteiger charge is 2.06. The Hall–Kier alpha value is -0.930. The Morgan fingerprint density at radius 1 is 1.35 bits per heavy atom. The SMILES string of the molecule is CCNCC(C)CCc1nc2ccccc2s1. The van der Waals surface area contributed by atoms with Crippen LogP contribution in [0.3, 0.4) is 0 Å². The molecule has 92 valence electrons. The maximum atomic E-state index is 4.66. The normalized spacial score (nSPS) is 13.1. The second kappa shape index (κ2) is 6.12. The smallest absolute Gasteiger partial charge is 0.0938 e. The minimum absolute atomic E-state index is 0.724. The van der Waals surface area contributed by atoms with Gasteiger partial charge in [-0.2, -0.15) is 0 Å². The molecule has 0 bridgehead atoms. The number of rotatable bonds is 6. The summed E-state index contributed by atoms with van der Waals surface area (Å²) in [6.07, 6.45) is 2.32. The molecule has 0 spiro atoms. The van der Waals surface area contributed by atoms with Crippen LogP contribution in [-0.2, 0) is 6.42 Å².